The van der Waals surface area contributed by atoms with Crippen molar-refractivity contribution in [2.75, 3.05) is 39.1 Å². The van der Waals surface area contributed by atoms with Gasteiger partial charge in [0.2, 0.25) is 0 Å². The summed E-state index contributed by atoms with van der Waals surface area (Å²) in [6.07, 6.45) is 4.60. The minimum atomic E-state index is -4.14. The fraction of sp³-hybridized carbons (Fsp3) is 0.333. The molecule has 0 aliphatic heterocycles. The molecule has 3 aromatic carbocycles. The molecule has 0 radical (unpaired) electrons. The second-order valence-electron chi connectivity index (χ2n) is 10.1. The van der Waals surface area contributed by atoms with Crippen molar-refractivity contribution in [3.8, 4) is 51.0 Å². The molecular formula is C30H36O12S3. The molecule has 0 bridgehead atoms. The molecule has 0 N–H and O–H groups in total. The van der Waals surface area contributed by atoms with Gasteiger partial charge in [0.05, 0.1) is 50.9 Å². The molecule has 0 unspecified atom stereocenters. The summed E-state index contributed by atoms with van der Waals surface area (Å²) in [5.74, 6) is 0.0655. The molecule has 0 aliphatic rings. The molecule has 0 saturated carbocycles. The van der Waals surface area contributed by atoms with Crippen molar-refractivity contribution in [2.24, 2.45) is 0 Å². The molecule has 246 valence electrons. The number of methoxy groups -OCH3 is 1. The molecule has 45 heavy (non-hydrogen) atoms. The van der Waals surface area contributed by atoms with E-state index < -0.39 is 30.4 Å². The third-order valence-electron chi connectivity index (χ3n) is 5.76. The normalized spacial score (nSPS) is 11.8. The molecule has 3 rings (SSSR count). The molecule has 0 amide bonds. The lowest BCUT2D eigenvalue weighted by Crippen LogP contribution is -2.11. The van der Waals surface area contributed by atoms with E-state index in [0.717, 1.165) is 24.3 Å². The van der Waals surface area contributed by atoms with Crippen molar-refractivity contribution in [2.45, 2.75) is 27.2 Å². The van der Waals surface area contributed by atoms with Crippen LogP contribution in [0.15, 0.2) is 60.4 Å². The second kappa shape index (κ2) is 14.4. The van der Waals surface area contributed by atoms with E-state index in [9.17, 15) is 25.3 Å². The SMILES string of the molecule is CCOc1c(-c2ccc(OS(C)(=O)=O)cc2)cc(OC)c(-c2ccc(CCOC=C(C)C)c(OS(C)(=O)=O)c2)c1OS(C)(=O)=O. The highest BCUT2D eigenvalue weighted by Gasteiger charge is 2.27. The highest BCUT2D eigenvalue weighted by molar-refractivity contribution is 7.86. The van der Waals surface area contributed by atoms with Crippen LogP contribution >= 0.6 is 0 Å². The zero-order valence-electron chi connectivity index (χ0n) is 25.9. The van der Waals surface area contributed by atoms with Gasteiger partial charge < -0.3 is 26.8 Å². The van der Waals surface area contributed by atoms with Crippen molar-refractivity contribution >= 4 is 30.4 Å². The fourth-order valence-corrected chi connectivity index (χ4v) is 5.60. The maximum atomic E-state index is 12.6. The van der Waals surface area contributed by atoms with Crippen LogP contribution in [-0.4, -0.2) is 64.3 Å². The van der Waals surface area contributed by atoms with Crippen molar-refractivity contribution in [3.63, 3.8) is 0 Å². The van der Waals surface area contributed by atoms with E-state index in [2.05, 4.69) is 0 Å². The number of hydrogen-bond acceptors (Lipinski definition) is 12. The molecule has 0 saturated heterocycles. The summed E-state index contributed by atoms with van der Waals surface area (Å²) in [6.45, 7) is 5.81. The van der Waals surface area contributed by atoms with Gasteiger partial charge in [0.1, 0.15) is 17.2 Å². The van der Waals surface area contributed by atoms with Crippen LogP contribution in [0.3, 0.4) is 0 Å². The van der Waals surface area contributed by atoms with Gasteiger partial charge in [0.15, 0.2) is 11.5 Å². The largest absolute Gasteiger partial charge is 0.501 e. The molecule has 3 aromatic rings. The fourth-order valence-electron chi connectivity index (χ4n) is 4.20. The van der Waals surface area contributed by atoms with E-state index in [1.807, 2.05) is 13.8 Å². The summed E-state index contributed by atoms with van der Waals surface area (Å²) >= 11 is 0. The van der Waals surface area contributed by atoms with Gasteiger partial charge in [-0.3, -0.25) is 0 Å². The summed E-state index contributed by atoms with van der Waals surface area (Å²) in [5, 5.41) is 0. The van der Waals surface area contributed by atoms with Crippen LogP contribution in [0.25, 0.3) is 22.3 Å². The van der Waals surface area contributed by atoms with Crippen LogP contribution in [0.5, 0.6) is 28.7 Å². The summed E-state index contributed by atoms with van der Waals surface area (Å²) in [5.41, 5.74) is 2.79. The average Bonchev–Trinajstić information content (AvgIpc) is 2.90. The van der Waals surface area contributed by atoms with Crippen LogP contribution in [0, 0.1) is 0 Å². The monoisotopic (exact) mass is 684 g/mol. The third-order valence-corrected chi connectivity index (χ3v) is 7.21. The molecule has 0 heterocycles. The molecule has 0 atom stereocenters. The van der Waals surface area contributed by atoms with E-state index in [4.69, 9.17) is 26.8 Å². The first kappa shape index (κ1) is 35.5. The van der Waals surface area contributed by atoms with Gasteiger partial charge in [-0.05, 0) is 67.3 Å². The predicted molar refractivity (Wildman–Crippen MR) is 171 cm³/mol. The Hall–Kier alpha value is -3.95. The Morgan fingerprint density at radius 1 is 0.733 bits per heavy atom. The lowest BCUT2D eigenvalue weighted by molar-refractivity contribution is 0.250. The molecule has 0 aliphatic carbocycles. The van der Waals surface area contributed by atoms with Crippen LogP contribution in [0.4, 0.5) is 0 Å². The Kier molecular flexibility index (Phi) is 11.4. The standard InChI is InChI=1S/C30H36O12S3/c1-8-39-29-25(21-11-13-24(14-12-21)40-43(5,31)32)18-27(37-4)28(30(29)42-45(7,35)36)23-10-9-22(15-16-38-19-20(2)3)26(17-23)41-44(6,33)34/h9-14,17-19H,8,15-16H2,1-7H3. The second-order valence-corrected chi connectivity index (χ2v) is 14.8. The number of hydrogen-bond donors (Lipinski definition) is 0. The lowest BCUT2D eigenvalue weighted by Gasteiger charge is -2.22. The summed E-state index contributed by atoms with van der Waals surface area (Å²) in [6, 6.07) is 12.3. The Morgan fingerprint density at radius 2 is 1.33 bits per heavy atom. The van der Waals surface area contributed by atoms with Crippen LogP contribution in [0.1, 0.15) is 26.3 Å². The van der Waals surface area contributed by atoms with Gasteiger partial charge in [-0.25, -0.2) is 0 Å². The summed E-state index contributed by atoms with van der Waals surface area (Å²) in [4.78, 5) is 0. The summed E-state index contributed by atoms with van der Waals surface area (Å²) in [7, 11) is -10.5. The van der Waals surface area contributed by atoms with Crippen molar-refractivity contribution < 1.29 is 52.0 Å². The topological polar surface area (TPSA) is 158 Å². The maximum absolute atomic E-state index is 12.6. The van der Waals surface area contributed by atoms with Gasteiger partial charge in [0, 0.05) is 12.0 Å². The molecule has 15 heteroatoms. The van der Waals surface area contributed by atoms with Crippen molar-refractivity contribution in [1.29, 1.82) is 0 Å². The molecule has 0 aromatic heterocycles. The Bertz CT molecular complexity index is 1870. The van der Waals surface area contributed by atoms with E-state index in [1.54, 1.807) is 43.5 Å². The third kappa shape index (κ3) is 10.6. The average molecular weight is 685 g/mol. The van der Waals surface area contributed by atoms with E-state index in [0.29, 0.717) is 28.7 Å². The van der Waals surface area contributed by atoms with E-state index in [1.165, 1.54) is 25.3 Å². The highest BCUT2D eigenvalue weighted by atomic mass is 32.2. The zero-order chi connectivity index (χ0) is 33.6. The van der Waals surface area contributed by atoms with Gasteiger partial charge in [-0.2, -0.15) is 25.3 Å². The van der Waals surface area contributed by atoms with Crippen LogP contribution < -0.4 is 22.0 Å². The first-order chi connectivity index (χ1) is 20.9. The van der Waals surface area contributed by atoms with E-state index in [-0.39, 0.29) is 47.5 Å². The van der Waals surface area contributed by atoms with Gasteiger partial charge in [0.25, 0.3) is 0 Å². The first-order valence-electron chi connectivity index (χ1n) is 13.5. The Balaban J connectivity index is 2.30. The first-order valence-corrected chi connectivity index (χ1v) is 18.9. The van der Waals surface area contributed by atoms with Gasteiger partial charge in [-0.15, -0.1) is 0 Å². The summed E-state index contributed by atoms with van der Waals surface area (Å²) < 4.78 is 105. The Labute approximate surface area is 264 Å². The number of allylic oxidation sites excluding steroid dienone is 1. The highest BCUT2D eigenvalue weighted by Crippen LogP contribution is 2.51. The quantitative estimate of drug-likeness (QED) is 0.121. The van der Waals surface area contributed by atoms with Gasteiger partial charge >= 0.3 is 30.4 Å². The van der Waals surface area contributed by atoms with Crippen LogP contribution in [-0.2, 0) is 41.5 Å². The minimum absolute atomic E-state index is 0.00617. The molecule has 0 fully saturated rings. The molecular weight excluding hydrogens is 649 g/mol. The van der Waals surface area contributed by atoms with E-state index >= 15 is 0 Å². The number of rotatable bonds is 15. The van der Waals surface area contributed by atoms with Crippen molar-refractivity contribution in [3.05, 3.63) is 65.9 Å². The number of benzene rings is 3. The predicted octanol–water partition coefficient (Wildman–Crippen LogP) is 4.93. The maximum Gasteiger partial charge on any atom is 0.306 e. The lowest BCUT2D eigenvalue weighted by atomic mass is 9.95. The van der Waals surface area contributed by atoms with Gasteiger partial charge in [-0.1, -0.05) is 24.3 Å². The minimum Gasteiger partial charge on any atom is -0.501 e. The molecule has 12 nitrogen and oxygen atoms in total. The van der Waals surface area contributed by atoms with Crippen LogP contribution in [0.2, 0.25) is 0 Å². The Morgan fingerprint density at radius 3 is 1.87 bits per heavy atom. The molecule has 0 spiro atoms. The number of ether oxygens (including phenoxy) is 3. The van der Waals surface area contributed by atoms with Crippen molar-refractivity contribution in [1.82, 2.24) is 0 Å². The zero-order valence-corrected chi connectivity index (χ0v) is 28.4. The smallest absolute Gasteiger partial charge is 0.306 e.